The molecular formula is C23H33N5O2S. The van der Waals surface area contributed by atoms with E-state index in [0.29, 0.717) is 38.5 Å². The van der Waals surface area contributed by atoms with E-state index < -0.39 is 0 Å². The number of hydrogen-bond acceptors (Lipinski definition) is 5. The van der Waals surface area contributed by atoms with E-state index in [1.807, 2.05) is 42.5 Å². The van der Waals surface area contributed by atoms with Crippen molar-refractivity contribution in [2.24, 2.45) is 0 Å². The van der Waals surface area contributed by atoms with Gasteiger partial charge in [0.1, 0.15) is 0 Å². The van der Waals surface area contributed by atoms with Crippen LogP contribution in [0.3, 0.4) is 0 Å². The van der Waals surface area contributed by atoms with Gasteiger partial charge in [-0.1, -0.05) is 23.9 Å². The van der Waals surface area contributed by atoms with E-state index in [2.05, 4.69) is 41.2 Å². The van der Waals surface area contributed by atoms with Gasteiger partial charge in [0.15, 0.2) is 5.16 Å². The lowest BCUT2D eigenvalue weighted by molar-refractivity contribution is -0.130. The second kappa shape index (κ2) is 9.87. The Morgan fingerprint density at radius 1 is 1.13 bits per heavy atom. The topological polar surface area (TPSA) is 70.5 Å². The van der Waals surface area contributed by atoms with Crippen LogP contribution in [0.1, 0.15) is 31.9 Å². The second-order valence-electron chi connectivity index (χ2n) is 9.04. The van der Waals surface area contributed by atoms with Gasteiger partial charge >= 0.3 is 0 Å². The summed E-state index contributed by atoms with van der Waals surface area (Å²) in [5, 5.41) is 3.81. The largest absolute Gasteiger partial charge is 0.350 e. The highest BCUT2D eigenvalue weighted by Crippen LogP contribution is 2.24. The number of carbonyl (C=O) groups is 2. The molecule has 0 atom stereocenters. The summed E-state index contributed by atoms with van der Waals surface area (Å²) >= 11 is 1.47. The molecule has 1 aromatic heterocycles. The molecule has 1 N–H and O–H groups in total. The molecule has 168 valence electrons. The van der Waals surface area contributed by atoms with Gasteiger partial charge in [-0.25, -0.2) is 4.98 Å². The van der Waals surface area contributed by atoms with Crippen molar-refractivity contribution >= 4 is 23.6 Å². The molecule has 0 spiro atoms. The average molecular weight is 444 g/mol. The lowest BCUT2D eigenvalue weighted by atomic mass is 10.1. The predicted octanol–water partition coefficient (Wildman–Crippen LogP) is 2.64. The van der Waals surface area contributed by atoms with Crippen molar-refractivity contribution in [1.82, 2.24) is 24.7 Å². The number of nitrogens with one attached hydrogen (secondary N) is 1. The minimum atomic E-state index is -0.227. The van der Waals surface area contributed by atoms with E-state index in [1.165, 1.54) is 22.9 Å². The Balaban J connectivity index is 1.50. The maximum absolute atomic E-state index is 12.7. The molecule has 2 aromatic rings. The number of imidazole rings is 1. The van der Waals surface area contributed by atoms with Crippen LogP contribution in [0.4, 0.5) is 0 Å². The number of benzene rings is 1. The molecule has 31 heavy (non-hydrogen) atoms. The van der Waals surface area contributed by atoms with Crippen LogP contribution in [0, 0.1) is 13.8 Å². The molecule has 1 aliphatic heterocycles. The number of carbonyl (C=O) groups excluding carboxylic acids is 2. The molecule has 8 heteroatoms. The van der Waals surface area contributed by atoms with Gasteiger partial charge in [-0.3, -0.25) is 19.1 Å². The molecule has 0 aliphatic carbocycles. The third-order valence-electron chi connectivity index (χ3n) is 5.37. The molecule has 1 saturated heterocycles. The van der Waals surface area contributed by atoms with Crippen molar-refractivity contribution in [3.63, 3.8) is 0 Å². The number of thioether (sulfide) groups is 1. The highest BCUT2D eigenvalue weighted by Gasteiger charge is 2.24. The van der Waals surface area contributed by atoms with Gasteiger partial charge in [0.05, 0.1) is 18.0 Å². The number of rotatable bonds is 6. The molecule has 0 saturated carbocycles. The summed E-state index contributed by atoms with van der Waals surface area (Å²) in [5.41, 5.74) is 3.30. The highest BCUT2D eigenvalue weighted by atomic mass is 32.2. The Bertz CT molecular complexity index is 926. The monoisotopic (exact) mass is 443 g/mol. The van der Waals surface area contributed by atoms with Gasteiger partial charge in [0.2, 0.25) is 11.8 Å². The lowest BCUT2D eigenvalue weighted by Gasteiger charge is -2.34. The number of piperazine rings is 1. The van der Waals surface area contributed by atoms with Crippen LogP contribution in [0.2, 0.25) is 0 Å². The summed E-state index contributed by atoms with van der Waals surface area (Å²) in [7, 11) is 0. The van der Waals surface area contributed by atoms with E-state index in [1.54, 1.807) is 6.20 Å². The zero-order chi connectivity index (χ0) is 22.6. The predicted molar refractivity (Wildman–Crippen MR) is 125 cm³/mol. The number of amides is 2. The number of aromatic nitrogens is 2. The number of aryl methyl sites for hydroxylation is 1. The molecule has 0 radical (unpaired) electrons. The molecule has 2 heterocycles. The van der Waals surface area contributed by atoms with Crippen molar-refractivity contribution in [3.05, 3.63) is 41.7 Å². The first-order valence-electron chi connectivity index (χ1n) is 10.7. The molecule has 0 unspecified atom stereocenters. The highest BCUT2D eigenvalue weighted by molar-refractivity contribution is 7.99. The van der Waals surface area contributed by atoms with E-state index in [4.69, 9.17) is 0 Å². The molecule has 1 aliphatic rings. The van der Waals surface area contributed by atoms with Crippen LogP contribution >= 0.6 is 11.8 Å². The molecule has 3 rings (SSSR count). The summed E-state index contributed by atoms with van der Waals surface area (Å²) < 4.78 is 2.05. The van der Waals surface area contributed by atoms with Crippen LogP contribution < -0.4 is 5.32 Å². The third-order valence-corrected chi connectivity index (χ3v) is 6.33. The zero-order valence-corrected chi connectivity index (χ0v) is 20.0. The number of hydrogen-bond donors (Lipinski definition) is 1. The fraction of sp³-hybridized carbons (Fsp3) is 0.522. The maximum atomic E-state index is 12.7. The van der Waals surface area contributed by atoms with Crippen molar-refractivity contribution in [1.29, 1.82) is 0 Å². The van der Waals surface area contributed by atoms with E-state index in [9.17, 15) is 9.59 Å². The molecule has 1 aromatic carbocycles. The minimum absolute atomic E-state index is 0.0288. The van der Waals surface area contributed by atoms with Crippen molar-refractivity contribution in [2.45, 2.75) is 45.3 Å². The number of nitrogens with zero attached hydrogens (tertiary/aromatic N) is 4. The van der Waals surface area contributed by atoms with Crippen molar-refractivity contribution in [3.8, 4) is 5.69 Å². The van der Waals surface area contributed by atoms with Crippen LogP contribution in [-0.4, -0.2) is 75.2 Å². The van der Waals surface area contributed by atoms with E-state index >= 15 is 0 Å². The first kappa shape index (κ1) is 23.3. The standard InChI is InChI=1S/C23H33N5O2S/c1-17-7-6-8-19(18(17)2)28-10-9-24-22(28)31-16-21(30)27-13-11-26(12-14-27)15-20(29)25-23(3,4)5/h6-10H,11-16H2,1-5H3,(H,25,29). The average Bonchev–Trinajstić information content (AvgIpc) is 3.15. The molecule has 2 amide bonds. The molecule has 1 fully saturated rings. The fourth-order valence-corrected chi connectivity index (χ4v) is 4.48. The van der Waals surface area contributed by atoms with Crippen LogP contribution in [-0.2, 0) is 9.59 Å². The van der Waals surface area contributed by atoms with Crippen LogP contribution in [0.15, 0.2) is 35.7 Å². The molecule has 0 bridgehead atoms. The van der Waals surface area contributed by atoms with Gasteiger partial charge in [0.25, 0.3) is 0 Å². The lowest BCUT2D eigenvalue weighted by Crippen LogP contribution is -2.53. The molecule has 7 nitrogen and oxygen atoms in total. The Kier molecular flexibility index (Phi) is 7.43. The Labute approximate surface area is 189 Å². The summed E-state index contributed by atoms with van der Waals surface area (Å²) in [4.78, 5) is 33.3. The van der Waals surface area contributed by atoms with Crippen molar-refractivity contribution in [2.75, 3.05) is 38.5 Å². The van der Waals surface area contributed by atoms with E-state index in [0.717, 1.165) is 10.8 Å². The van der Waals surface area contributed by atoms with E-state index in [-0.39, 0.29) is 17.4 Å². The first-order valence-corrected chi connectivity index (χ1v) is 11.7. The third kappa shape index (κ3) is 6.33. The smallest absolute Gasteiger partial charge is 0.234 e. The fourth-order valence-electron chi connectivity index (χ4n) is 3.61. The quantitative estimate of drug-likeness (QED) is 0.695. The summed E-state index contributed by atoms with van der Waals surface area (Å²) in [5.74, 6) is 0.493. The van der Waals surface area contributed by atoms with Crippen LogP contribution in [0.25, 0.3) is 5.69 Å². The van der Waals surface area contributed by atoms with Gasteiger partial charge in [0, 0.05) is 44.1 Å². The van der Waals surface area contributed by atoms with Gasteiger partial charge in [-0.05, 0) is 51.8 Å². The molecular weight excluding hydrogens is 410 g/mol. The Morgan fingerprint density at radius 3 is 2.52 bits per heavy atom. The SMILES string of the molecule is Cc1cccc(-n2ccnc2SCC(=O)N2CCN(CC(=O)NC(C)(C)C)CC2)c1C. The van der Waals surface area contributed by atoms with Crippen LogP contribution in [0.5, 0.6) is 0 Å². The van der Waals surface area contributed by atoms with Gasteiger partial charge < -0.3 is 10.2 Å². The first-order chi connectivity index (χ1) is 14.6. The Morgan fingerprint density at radius 2 is 1.84 bits per heavy atom. The minimum Gasteiger partial charge on any atom is -0.350 e. The summed E-state index contributed by atoms with van der Waals surface area (Å²) in [6, 6.07) is 6.21. The van der Waals surface area contributed by atoms with Gasteiger partial charge in [-0.15, -0.1) is 0 Å². The second-order valence-corrected chi connectivity index (χ2v) is 9.99. The Hall–Kier alpha value is -2.32. The zero-order valence-electron chi connectivity index (χ0n) is 19.1. The maximum Gasteiger partial charge on any atom is 0.234 e. The summed E-state index contributed by atoms with van der Waals surface area (Å²) in [6.45, 7) is 13.2. The van der Waals surface area contributed by atoms with Gasteiger partial charge in [-0.2, -0.15) is 0 Å². The normalized spacial score (nSPS) is 15.2. The van der Waals surface area contributed by atoms with Crippen molar-refractivity contribution < 1.29 is 9.59 Å². The summed E-state index contributed by atoms with van der Waals surface area (Å²) in [6.07, 6.45) is 3.71.